The molecule has 0 aromatic carbocycles. The molecular formula is C18H28N6O6. The van der Waals surface area contributed by atoms with E-state index in [0.29, 0.717) is 12.2 Å². The highest BCUT2D eigenvalue weighted by atomic mass is 16.6. The van der Waals surface area contributed by atoms with Crippen LogP contribution < -0.4 is 5.73 Å². The minimum atomic E-state index is -0.603. The third-order valence-electron chi connectivity index (χ3n) is 4.37. The van der Waals surface area contributed by atoms with Gasteiger partial charge in [-0.1, -0.05) is 0 Å². The molecule has 0 amide bonds. The smallest absolute Gasteiger partial charge is 0.381 e. The van der Waals surface area contributed by atoms with Crippen molar-refractivity contribution in [3.8, 4) is 0 Å². The minimum absolute atomic E-state index is 0.122. The normalized spacial score (nSPS) is 11.3. The number of nitrogens with zero attached hydrogens (tertiary/aromatic N) is 5. The first-order valence-corrected chi connectivity index (χ1v) is 8.95. The molecule has 166 valence electrons. The predicted molar refractivity (Wildman–Crippen MR) is 107 cm³/mol. The van der Waals surface area contributed by atoms with E-state index in [-0.39, 0.29) is 29.7 Å². The summed E-state index contributed by atoms with van der Waals surface area (Å²) in [5.41, 5.74) is 4.52. The first-order valence-electron chi connectivity index (χ1n) is 8.95. The molecule has 2 N–H and O–H groups in total. The van der Waals surface area contributed by atoms with Crippen LogP contribution in [0.25, 0.3) is 0 Å². The van der Waals surface area contributed by atoms with Crippen molar-refractivity contribution in [1.82, 2.24) is 19.1 Å². The second-order valence-corrected chi connectivity index (χ2v) is 7.73. The van der Waals surface area contributed by atoms with Crippen LogP contribution in [0.2, 0.25) is 0 Å². The van der Waals surface area contributed by atoms with Crippen LogP contribution in [-0.4, -0.2) is 50.2 Å². The van der Waals surface area contributed by atoms with Gasteiger partial charge in [0.25, 0.3) is 0 Å². The number of methoxy groups -OCH3 is 2. The van der Waals surface area contributed by atoms with Crippen LogP contribution in [0.3, 0.4) is 0 Å². The van der Waals surface area contributed by atoms with E-state index in [1.807, 2.05) is 13.8 Å². The van der Waals surface area contributed by atoms with Gasteiger partial charge in [-0.2, -0.15) is 0 Å². The Morgan fingerprint density at radius 3 is 1.77 bits per heavy atom. The molecule has 0 unspecified atom stereocenters. The zero-order valence-corrected chi connectivity index (χ0v) is 18.0. The van der Waals surface area contributed by atoms with Crippen molar-refractivity contribution in [2.45, 2.75) is 51.6 Å². The van der Waals surface area contributed by atoms with Gasteiger partial charge in [-0.05, 0) is 37.6 Å². The van der Waals surface area contributed by atoms with E-state index in [2.05, 4.69) is 19.4 Å². The molecule has 30 heavy (non-hydrogen) atoms. The standard InChI is InChI=1S/C9H13N3O4.C9H15N3O2/c1-9(2,4-8(13)16-3)11-5-7(10-6-11)12(14)15;1-9(2,4-8(13)14-3)12-5-7(10)11-6-12/h5-6H,4H2,1-3H3;5-6H,4,10H2,1-3H3. The molecule has 0 spiro atoms. The molecular weight excluding hydrogens is 396 g/mol. The van der Waals surface area contributed by atoms with Gasteiger partial charge in [0.05, 0.1) is 44.5 Å². The lowest BCUT2D eigenvalue weighted by atomic mass is 10.0. The van der Waals surface area contributed by atoms with Gasteiger partial charge in [0.2, 0.25) is 6.33 Å². The van der Waals surface area contributed by atoms with Crippen molar-refractivity contribution < 1.29 is 24.0 Å². The van der Waals surface area contributed by atoms with E-state index in [1.165, 1.54) is 31.3 Å². The molecule has 0 saturated carbocycles. The summed E-state index contributed by atoms with van der Waals surface area (Å²) in [6.45, 7) is 7.39. The Balaban J connectivity index is 0.000000303. The summed E-state index contributed by atoms with van der Waals surface area (Å²) in [6.07, 6.45) is 6.35. The number of anilines is 1. The largest absolute Gasteiger partial charge is 0.469 e. The summed E-state index contributed by atoms with van der Waals surface area (Å²) in [7, 11) is 2.68. The molecule has 2 aromatic rings. The van der Waals surface area contributed by atoms with Crippen LogP contribution in [0.4, 0.5) is 11.6 Å². The van der Waals surface area contributed by atoms with Crippen LogP contribution >= 0.6 is 0 Å². The van der Waals surface area contributed by atoms with Crippen molar-refractivity contribution in [3.63, 3.8) is 0 Å². The minimum Gasteiger partial charge on any atom is -0.469 e. The van der Waals surface area contributed by atoms with Crippen LogP contribution in [0.1, 0.15) is 40.5 Å². The number of nitro groups is 1. The van der Waals surface area contributed by atoms with Crippen LogP contribution in [0.15, 0.2) is 25.0 Å². The highest BCUT2D eigenvalue weighted by Gasteiger charge is 2.27. The van der Waals surface area contributed by atoms with Gasteiger partial charge in [0.1, 0.15) is 12.0 Å². The van der Waals surface area contributed by atoms with Crippen LogP contribution in [0.5, 0.6) is 0 Å². The lowest BCUT2D eigenvalue weighted by molar-refractivity contribution is -0.389. The number of hydrogen-bond donors (Lipinski definition) is 1. The summed E-state index contributed by atoms with van der Waals surface area (Å²) in [5, 5.41) is 10.5. The predicted octanol–water partition coefficient (Wildman–Crippen LogP) is 1.85. The number of carbonyl (C=O) groups is 2. The number of nitrogens with two attached hydrogens (primary N) is 1. The summed E-state index contributed by atoms with van der Waals surface area (Å²) in [5.74, 6) is -0.412. The quantitative estimate of drug-likeness (QED) is 0.398. The lowest BCUT2D eigenvalue weighted by Crippen LogP contribution is -2.28. The Labute approximate surface area is 174 Å². The number of rotatable bonds is 7. The Bertz CT molecular complexity index is 885. The fourth-order valence-electron chi connectivity index (χ4n) is 2.44. The fourth-order valence-corrected chi connectivity index (χ4v) is 2.44. The number of aromatic nitrogens is 4. The van der Waals surface area contributed by atoms with E-state index in [4.69, 9.17) is 5.73 Å². The lowest BCUT2D eigenvalue weighted by Gasteiger charge is -2.24. The monoisotopic (exact) mass is 424 g/mol. The van der Waals surface area contributed by atoms with Gasteiger partial charge in [0.15, 0.2) is 0 Å². The van der Waals surface area contributed by atoms with Crippen molar-refractivity contribution in [1.29, 1.82) is 0 Å². The summed E-state index contributed by atoms with van der Waals surface area (Å²) in [4.78, 5) is 39.7. The summed E-state index contributed by atoms with van der Waals surface area (Å²) >= 11 is 0. The van der Waals surface area contributed by atoms with Crippen molar-refractivity contribution in [2.75, 3.05) is 20.0 Å². The van der Waals surface area contributed by atoms with E-state index in [0.717, 1.165) is 0 Å². The zero-order chi connectivity index (χ0) is 23.1. The molecule has 2 heterocycles. The molecule has 2 aromatic heterocycles. The van der Waals surface area contributed by atoms with Gasteiger partial charge in [-0.25, -0.2) is 4.98 Å². The SMILES string of the molecule is COC(=O)CC(C)(C)n1cnc(N)c1.COC(=O)CC(C)(C)n1cnc([N+](=O)[O-])c1. The molecule has 0 radical (unpaired) electrons. The average molecular weight is 424 g/mol. The highest BCUT2D eigenvalue weighted by molar-refractivity contribution is 5.70. The Morgan fingerprint density at radius 1 is 1.00 bits per heavy atom. The topological polar surface area (TPSA) is 157 Å². The molecule has 0 atom stereocenters. The Morgan fingerprint density at radius 2 is 1.43 bits per heavy atom. The number of carbonyl (C=O) groups excluding carboxylic acids is 2. The van der Waals surface area contributed by atoms with Gasteiger partial charge >= 0.3 is 17.8 Å². The van der Waals surface area contributed by atoms with Crippen molar-refractivity contribution in [2.24, 2.45) is 0 Å². The van der Waals surface area contributed by atoms with Gasteiger partial charge in [-0.15, -0.1) is 0 Å². The Hall–Kier alpha value is -3.44. The van der Waals surface area contributed by atoms with E-state index in [9.17, 15) is 19.7 Å². The fraction of sp³-hybridized carbons (Fsp3) is 0.556. The first kappa shape index (κ1) is 24.6. The van der Waals surface area contributed by atoms with Crippen molar-refractivity contribution in [3.05, 3.63) is 35.2 Å². The summed E-state index contributed by atoms with van der Waals surface area (Å²) in [6, 6.07) is 0. The molecule has 0 aliphatic carbocycles. The molecule has 0 saturated heterocycles. The van der Waals surface area contributed by atoms with Gasteiger partial charge in [-0.3, -0.25) is 9.59 Å². The average Bonchev–Trinajstić information content (AvgIpc) is 3.31. The van der Waals surface area contributed by atoms with Crippen LogP contribution in [0, 0.1) is 10.1 Å². The van der Waals surface area contributed by atoms with Crippen LogP contribution in [-0.2, 0) is 30.1 Å². The number of ether oxygens (including phenoxy) is 2. The van der Waals surface area contributed by atoms with E-state index < -0.39 is 10.5 Å². The first-order chi connectivity index (χ1) is 13.8. The second-order valence-electron chi connectivity index (χ2n) is 7.73. The van der Waals surface area contributed by atoms with Gasteiger partial charge in [0, 0.05) is 6.20 Å². The highest BCUT2D eigenvalue weighted by Crippen LogP contribution is 2.22. The number of esters is 2. The number of hydrogen-bond acceptors (Lipinski definition) is 9. The maximum Gasteiger partial charge on any atom is 0.381 e. The Kier molecular flexibility index (Phi) is 8.08. The molecule has 0 aliphatic rings. The maximum atomic E-state index is 11.2. The van der Waals surface area contributed by atoms with E-state index >= 15 is 0 Å². The molecule has 0 fully saturated rings. The van der Waals surface area contributed by atoms with Crippen molar-refractivity contribution >= 4 is 23.6 Å². The zero-order valence-electron chi connectivity index (χ0n) is 18.0. The number of nitrogen functional groups attached to an aromatic ring is 1. The second kappa shape index (κ2) is 9.85. The third kappa shape index (κ3) is 6.87. The molecule has 0 aliphatic heterocycles. The molecule has 12 nitrogen and oxygen atoms in total. The number of imidazole rings is 2. The molecule has 2 rings (SSSR count). The van der Waals surface area contributed by atoms with Gasteiger partial charge < -0.3 is 34.5 Å². The molecule has 12 heteroatoms. The third-order valence-corrected chi connectivity index (χ3v) is 4.37. The summed E-state index contributed by atoms with van der Waals surface area (Å²) < 4.78 is 12.5. The maximum absolute atomic E-state index is 11.2. The van der Waals surface area contributed by atoms with E-state index in [1.54, 1.807) is 30.9 Å². The molecule has 0 bridgehead atoms.